The third-order valence-electron chi connectivity index (χ3n) is 3.57. The summed E-state index contributed by atoms with van der Waals surface area (Å²) in [6.07, 6.45) is 3.20. The van der Waals surface area contributed by atoms with Gasteiger partial charge in [-0.3, -0.25) is 9.89 Å². The summed E-state index contributed by atoms with van der Waals surface area (Å²) in [5.74, 6) is -0.154. The van der Waals surface area contributed by atoms with E-state index in [4.69, 9.17) is 0 Å². The van der Waals surface area contributed by atoms with Crippen LogP contribution in [0.3, 0.4) is 0 Å². The molecule has 0 bridgehead atoms. The van der Waals surface area contributed by atoms with Crippen molar-refractivity contribution in [2.75, 3.05) is 19.3 Å². The molecule has 1 saturated heterocycles. The Morgan fingerprint density at radius 3 is 3.00 bits per heavy atom. The topological polar surface area (TPSA) is 96.0 Å². The van der Waals surface area contributed by atoms with Crippen LogP contribution in [-0.2, 0) is 9.84 Å². The third kappa shape index (κ3) is 2.70. The molecule has 0 saturated carbocycles. The minimum Gasteiger partial charge on any atom is -0.337 e. The Hall–Kier alpha value is -1.74. The number of sulfone groups is 1. The Morgan fingerprint density at radius 2 is 2.33 bits per heavy atom. The molecule has 3 rings (SSSR count). The fourth-order valence-corrected chi connectivity index (χ4v) is 3.92. The van der Waals surface area contributed by atoms with Crippen molar-refractivity contribution in [2.45, 2.75) is 17.2 Å². The Labute approximate surface area is 125 Å². The number of aromatic amines is 1. The van der Waals surface area contributed by atoms with Gasteiger partial charge in [0.1, 0.15) is 10.6 Å². The molecule has 1 amide bonds. The van der Waals surface area contributed by atoms with Gasteiger partial charge >= 0.3 is 0 Å². The standard InChI is InChI=1S/C12H14N4O3S2/c1-21(18,19)10-4-14-15-11(10)8-2-3-16(5-8)12(17)9-6-20-7-13-9/h4,6-8H,2-3,5H2,1H3,(H,14,15)/t8-/m0/s1. The highest BCUT2D eigenvalue weighted by Gasteiger charge is 2.32. The van der Waals surface area contributed by atoms with E-state index in [-0.39, 0.29) is 16.7 Å². The first-order valence-electron chi connectivity index (χ1n) is 6.37. The molecule has 1 atom stereocenters. The fourth-order valence-electron chi connectivity index (χ4n) is 2.53. The van der Waals surface area contributed by atoms with Gasteiger partial charge in [0, 0.05) is 30.6 Å². The summed E-state index contributed by atoms with van der Waals surface area (Å²) in [6.45, 7) is 1.06. The van der Waals surface area contributed by atoms with Crippen molar-refractivity contribution in [1.82, 2.24) is 20.1 Å². The summed E-state index contributed by atoms with van der Waals surface area (Å²) in [7, 11) is -3.32. The third-order valence-corrected chi connectivity index (χ3v) is 5.28. The second-order valence-corrected chi connectivity index (χ2v) is 7.73. The summed E-state index contributed by atoms with van der Waals surface area (Å²) in [4.78, 5) is 18.2. The number of carbonyl (C=O) groups excluding carboxylic acids is 1. The predicted molar refractivity (Wildman–Crippen MR) is 77.1 cm³/mol. The molecule has 0 aliphatic carbocycles. The van der Waals surface area contributed by atoms with Gasteiger partial charge in [0.25, 0.3) is 5.91 Å². The van der Waals surface area contributed by atoms with Gasteiger partial charge < -0.3 is 4.90 Å². The molecule has 9 heteroatoms. The molecular formula is C12H14N4O3S2. The molecule has 112 valence electrons. The number of rotatable bonds is 3. The predicted octanol–water partition coefficient (Wildman–Crippen LogP) is 0.899. The Morgan fingerprint density at radius 1 is 1.52 bits per heavy atom. The van der Waals surface area contributed by atoms with Crippen molar-refractivity contribution >= 4 is 27.1 Å². The lowest BCUT2D eigenvalue weighted by atomic mass is 10.1. The molecule has 0 unspecified atom stereocenters. The highest BCUT2D eigenvalue weighted by atomic mass is 32.2. The average molecular weight is 326 g/mol. The lowest BCUT2D eigenvalue weighted by Crippen LogP contribution is -2.28. The first kappa shape index (κ1) is 14.2. The number of likely N-dealkylation sites (tertiary alicyclic amines) is 1. The number of nitrogens with zero attached hydrogens (tertiary/aromatic N) is 3. The van der Waals surface area contributed by atoms with Crippen LogP contribution >= 0.6 is 11.3 Å². The lowest BCUT2D eigenvalue weighted by Gasteiger charge is -2.15. The summed E-state index contributed by atoms with van der Waals surface area (Å²) in [5.41, 5.74) is 2.65. The maximum absolute atomic E-state index is 12.2. The average Bonchev–Trinajstić information content (AvgIpc) is 3.16. The van der Waals surface area contributed by atoms with Crippen molar-refractivity contribution in [3.05, 3.63) is 28.5 Å². The number of nitrogens with one attached hydrogen (secondary N) is 1. The van der Waals surface area contributed by atoms with Crippen molar-refractivity contribution in [2.24, 2.45) is 0 Å². The number of H-pyrrole nitrogens is 1. The van der Waals surface area contributed by atoms with Crippen LogP contribution in [0.2, 0.25) is 0 Å². The van der Waals surface area contributed by atoms with E-state index in [1.54, 1.807) is 15.8 Å². The second kappa shape index (κ2) is 5.23. The van der Waals surface area contributed by atoms with Gasteiger partial charge in [-0.05, 0) is 6.42 Å². The van der Waals surface area contributed by atoms with Crippen LogP contribution in [0, 0.1) is 0 Å². The van der Waals surface area contributed by atoms with Gasteiger partial charge in [-0.25, -0.2) is 13.4 Å². The van der Waals surface area contributed by atoms with E-state index < -0.39 is 9.84 Å². The van der Waals surface area contributed by atoms with Gasteiger partial charge in [-0.15, -0.1) is 11.3 Å². The van der Waals surface area contributed by atoms with Crippen LogP contribution in [-0.4, -0.2) is 53.8 Å². The zero-order chi connectivity index (χ0) is 15.0. The quantitative estimate of drug-likeness (QED) is 0.904. The van der Waals surface area contributed by atoms with Crippen LogP contribution in [0.25, 0.3) is 0 Å². The smallest absolute Gasteiger partial charge is 0.273 e. The molecule has 1 fully saturated rings. The highest BCUT2D eigenvalue weighted by Crippen LogP contribution is 2.30. The zero-order valence-corrected chi connectivity index (χ0v) is 12.9. The molecule has 0 spiro atoms. The van der Waals surface area contributed by atoms with E-state index in [1.807, 2.05) is 0 Å². The van der Waals surface area contributed by atoms with Crippen molar-refractivity contribution in [1.29, 1.82) is 0 Å². The van der Waals surface area contributed by atoms with E-state index in [0.717, 1.165) is 6.26 Å². The molecule has 1 N–H and O–H groups in total. The van der Waals surface area contributed by atoms with Crippen molar-refractivity contribution < 1.29 is 13.2 Å². The van der Waals surface area contributed by atoms with Gasteiger partial charge in [-0.2, -0.15) is 5.10 Å². The minimum atomic E-state index is -3.32. The normalized spacial score (nSPS) is 19.1. The summed E-state index contributed by atoms with van der Waals surface area (Å²) in [6, 6.07) is 0. The van der Waals surface area contributed by atoms with Gasteiger partial charge in [0.05, 0.1) is 17.4 Å². The van der Waals surface area contributed by atoms with Crippen molar-refractivity contribution in [3.63, 3.8) is 0 Å². The first-order chi connectivity index (χ1) is 9.97. The van der Waals surface area contributed by atoms with Crippen LogP contribution in [0.4, 0.5) is 0 Å². The molecule has 0 radical (unpaired) electrons. The van der Waals surface area contributed by atoms with Crippen molar-refractivity contribution in [3.8, 4) is 0 Å². The van der Waals surface area contributed by atoms with Crippen LogP contribution < -0.4 is 0 Å². The Kier molecular flexibility index (Phi) is 3.54. The number of hydrogen-bond acceptors (Lipinski definition) is 6. The molecule has 0 aromatic carbocycles. The van der Waals surface area contributed by atoms with Gasteiger partial charge in [0.2, 0.25) is 0 Å². The SMILES string of the molecule is CS(=O)(=O)c1cn[nH]c1[C@H]1CCN(C(=O)c2cscn2)C1. The minimum absolute atomic E-state index is 0.0418. The van der Waals surface area contributed by atoms with Crippen LogP contribution in [0.5, 0.6) is 0 Å². The second-order valence-electron chi connectivity index (χ2n) is 5.03. The van der Waals surface area contributed by atoms with E-state index in [1.165, 1.54) is 17.5 Å². The van der Waals surface area contributed by atoms with E-state index in [9.17, 15) is 13.2 Å². The van der Waals surface area contributed by atoms with Crippen LogP contribution in [0.1, 0.15) is 28.5 Å². The molecule has 21 heavy (non-hydrogen) atoms. The summed E-state index contributed by atoms with van der Waals surface area (Å²) in [5, 5.41) is 8.32. The lowest BCUT2D eigenvalue weighted by molar-refractivity contribution is 0.0785. The highest BCUT2D eigenvalue weighted by molar-refractivity contribution is 7.90. The number of carbonyl (C=O) groups is 1. The molecule has 1 aliphatic heterocycles. The van der Waals surface area contributed by atoms with E-state index in [2.05, 4.69) is 15.2 Å². The number of thiazole rings is 1. The van der Waals surface area contributed by atoms with Gasteiger partial charge in [0.15, 0.2) is 9.84 Å². The summed E-state index contributed by atoms with van der Waals surface area (Å²) >= 11 is 1.38. The van der Waals surface area contributed by atoms with E-state index >= 15 is 0 Å². The largest absolute Gasteiger partial charge is 0.337 e. The number of hydrogen-bond donors (Lipinski definition) is 1. The molecule has 3 heterocycles. The van der Waals surface area contributed by atoms with Gasteiger partial charge in [-0.1, -0.05) is 0 Å². The Bertz CT molecular complexity index is 751. The van der Waals surface area contributed by atoms with Crippen LogP contribution in [0.15, 0.2) is 22.0 Å². The monoisotopic (exact) mass is 326 g/mol. The summed E-state index contributed by atoms with van der Waals surface area (Å²) < 4.78 is 23.4. The molecule has 1 aliphatic rings. The maximum atomic E-state index is 12.2. The molecule has 2 aromatic rings. The molecule has 2 aromatic heterocycles. The first-order valence-corrected chi connectivity index (χ1v) is 9.21. The Balaban J connectivity index is 1.79. The molecular weight excluding hydrogens is 312 g/mol. The zero-order valence-electron chi connectivity index (χ0n) is 11.3. The molecule has 7 nitrogen and oxygen atoms in total. The fraction of sp³-hybridized carbons (Fsp3) is 0.417. The van der Waals surface area contributed by atoms with E-state index in [0.29, 0.717) is 30.9 Å². The number of aromatic nitrogens is 3. The maximum Gasteiger partial charge on any atom is 0.273 e. The number of amides is 1.